The highest BCUT2D eigenvalue weighted by Crippen LogP contribution is 2.31. The number of alkyl halides is 3. The lowest BCUT2D eigenvalue weighted by molar-refractivity contribution is 0.164. The smallest absolute Gasteiger partial charge is 0.225 e. The zero-order valence-corrected chi connectivity index (χ0v) is 12.4. The van der Waals surface area contributed by atoms with Crippen molar-refractivity contribution in [1.82, 2.24) is 5.32 Å². The predicted molar refractivity (Wildman–Crippen MR) is 73.1 cm³/mol. The molecule has 0 bridgehead atoms. The fraction of sp³-hybridized carbons (Fsp3) is 0.909. The van der Waals surface area contributed by atoms with E-state index in [1.807, 2.05) is 0 Å². The molecular formula is C11H19Cl3N2. The second kappa shape index (κ2) is 4.64. The Bertz CT molecular complexity index is 263. The van der Waals surface area contributed by atoms with Crippen LogP contribution in [0.3, 0.4) is 0 Å². The molecule has 5 heteroatoms. The molecule has 1 fully saturated rings. The Hall–Kier alpha value is 0.500. The summed E-state index contributed by atoms with van der Waals surface area (Å²) in [5.74, 6) is 0. The summed E-state index contributed by atoms with van der Waals surface area (Å²) in [6, 6.07) is 0.210. The molecule has 0 radical (unpaired) electrons. The van der Waals surface area contributed by atoms with Crippen molar-refractivity contribution in [3.8, 4) is 0 Å². The van der Waals surface area contributed by atoms with Gasteiger partial charge in [-0.1, -0.05) is 34.8 Å². The zero-order chi connectivity index (χ0) is 12.6. The number of hydrogen-bond donors (Lipinski definition) is 1. The Morgan fingerprint density at radius 2 is 1.56 bits per heavy atom. The van der Waals surface area contributed by atoms with Crippen LogP contribution in [-0.2, 0) is 0 Å². The average Bonchev–Trinajstić information content (AvgIpc) is 1.93. The molecule has 0 aromatic heterocycles. The SMILES string of the molecule is CC1(C)CC(N=CC(Cl)(Cl)Cl)CC(C)(C)N1. The number of nitrogens with one attached hydrogen (secondary N) is 1. The monoisotopic (exact) mass is 284 g/mol. The summed E-state index contributed by atoms with van der Waals surface area (Å²) in [5.41, 5.74) is 0.134. The van der Waals surface area contributed by atoms with Crippen LogP contribution >= 0.6 is 34.8 Å². The molecule has 0 aromatic rings. The van der Waals surface area contributed by atoms with Gasteiger partial charge in [-0.25, -0.2) is 0 Å². The number of aliphatic imine (C=N–C) groups is 1. The maximum Gasteiger partial charge on any atom is 0.225 e. The third-order valence-electron chi connectivity index (χ3n) is 2.60. The van der Waals surface area contributed by atoms with Crippen molar-refractivity contribution in [3.05, 3.63) is 0 Å². The lowest BCUT2D eigenvalue weighted by Gasteiger charge is -2.45. The topological polar surface area (TPSA) is 24.4 Å². The van der Waals surface area contributed by atoms with E-state index in [2.05, 4.69) is 38.0 Å². The second-order valence-corrected chi connectivity index (χ2v) is 8.14. The number of hydrogen-bond acceptors (Lipinski definition) is 2. The van der Waals surface area contributed by atoms with Crippen LogP contribution in [0, 0.1) is 0 Å². The Morgan fingerprint density at radius 3 is 1.94 bits per heavy atom. The molecular weight excluding hydrogens is 266 g/mol. The molecule has 1 saturated heterocycles. The average molecular weight is 286 g/mol. The van der Waals surface area contributed by atoms with Gasteiger partial charge in [0.15, 0.2) is 0 Å². The lowest BCUT2D eigenvalue weighted by atomic mass is 9.80. The fourth-order valence-corrected chi connectivity index (χ4v) is 2.73. The molecule has 1 aliphatic heterocycles. The Labute approximate surface area is 113 Å². The summed E-state index contributed by atoms with van der Waals surface area (Å²) in [6.45, 7) is 8.69. The van der Waals surface area contributed by atoms with Gasteiger partial charge in [0.05, 0.1) is 12.3 Å². The van der Waals surface area contributed by atoms with Crippen molar-refractivity contribution in [3.63, 3.8) is 0 Å². The third-order valence-corrected chi connectivity index (χ3v) is 2.89. The van der Waals surface area contributed by atoms with Crippen LogP contribution in [0.5, 0.6) is 0 Å². The summed E-state index contributed by atoms with van der Waals surface area (Å²) in [4.78, 5) is 4.38. The minimum atomic E-state index is -1.39. The van der Waals surface area contributed by atoms with E-state index in [0.29, 0.717) is 0 Å². The summed E-state index contributed by atoms with van der Waals surface area (Å²) in [7, 11) is 0. The van der Waals surface area contributed by atoms with E-state index in [-0.39, 0.29) is 17.1 Å². The molecule has 1 N–H and O–H groups in total. The van der Waals surface area contributed by atoms with Crippen molar-refractivity contribution in [2.75, 3.05) is 0 Å². The van der Waals surface area contributed by atoms with Crippen LogP contribution < -0.4 is 5.32 Å². The lowest BCUT2D eigenvalue weighted by Crippen LogP contribution is -2.58. The molecule has 1 heterocycles. The Balaban J connectivity index is 2.72. The van der Waals surface area contributed by atoms with Gasteiger partial charge in [0, 0.05) is 11.1 Å². The molecule has 1 rings (SSSR count). The van der Waals surface area contributed by atoms with Crippen LogP contribution in [0.2, 0.25) is 0 Å². The van der Waals surface area contributed by atoms with Gasteiger partial charge >= 0.3 is 0 Å². The van der Waals surface area contributed by atoms with Crippen molar-refractivity contribution in [2.24, 2.45) is 4.99 Å². The number of nitrogens with zero attached hydrogens (tertiary/aromatic N) is 1. The molecule has 0 saturated carbocycles. The van der Waals surface area contributed by atoms with E-state index >= 15 is 0 Å². The van der Waals surface area contributed by atoms with Gasteiger partial charge in [-0.15, -0.1) is 0 Å². The molecule has 16 heavy (non-hydrogen) atoms. The maximum atomic E-state index is 5.66. The largest absolute Gasteiger partial charge is 0.307 e. The molecule has 2 nitrogen and oxygen atoms in total. The van der Waals surface area contributed by atoms with Crippen molar-refractivity contribution < 1.29 is 0 Å². The van der Waals surface area contributed by atoms with Gasteiger partial charge in [-0.3, -0.25) is 4.99 Å². The first-order valence-corrected chi connectivity index (χ1v) is 6.53. The first-order valence-electron chi connectivity index (χ1n) is 5.40. The van der Waals surface area contributed by atoms with Crippen LogP contribution in [0.15, 0.2) is 4.99 Å². The third kappa shape index (κ3) is 5.22. The first-order chi connectivity index (χ1) is 6.99. The normalized spacial score (nSPS) is 26.2. The van der Waals surface area contributed by atoms with Crippen LogP contribution in [0.1, 0.15) is 40.5 Å². The van der Waals surface area contributed by atoms with E-state index < -0.39 is 3.79 Å². The fourth-order valence-electron chi connectivity index (χ4n) is 2.56. The Morgan fingerprint density at radius 1 is 1.12 bits per heavy atom. The molecule has 0 atom stereocenters. The quantitative estimate of drug-likeness (QED) is 0.576. The molecule has 0 spiro atoms. The maximum absolute atomic E-state index is 5.66. The van der Waals surface area contributed by atoms with Gasteiger partial charge in [0.25, 0.3) is 0 Å². The second-order valence-electron chi connectivity index (χ2n) is 5.77. The number of rotatable bonds is 1. The summed E-state index contributed by atoms with van der Waals surface area (Å²) in [5, 5.41) is 3.59. The standard InChI is InChI=1S/C11H19Cl3N2/c1-9(2)5-8(6-10(3,4)16-9)15-7-11(12,13)14/h7-8,16H,5-6H2,1-4H3. The van der Waals surface area contributed by atoms with E-state index in [1.165, 1.54) is 6.21 Å². The van der Waals surface area contributed by atoms with E-state index in [4.69, 9.17) is 34.8 Å². The molecule has 1 aliphatic rings. The van der Waals surface area contributed by atoms with Gasteiger partial charge in [-0.2, -0.15) is 0 Å². The molecule has 0 aromatic carbocycles. The summed E-state index contributed by atoms with van der Waals surface area (Å²) >= 11 is 17.0. The van der Waals surface area contributed by atoms with Crippen molar-refractivity contribution in [2.45, 2.75) is 61.4 Å². The predicted octanol–water partition coefficient (Wildman–Crippen LogP) is 3.74. The van der Waals surface area contributed by atoms with Gasteiger partial charge < -0.3 is 5.32 Å². The van der Waals surface area contributed by atoms with Crippen LogP contribution in [0.25, 0.3) is 0 Å². The van der Waals surface area contributed by atoms with Crippen LogP contribution in [0.4, 0.5) is 0 Å². The van der Waals surface area contributed by atoms with E-state index in [9.17, 15) is 0 Å². The molecule has 0 aliphatic carbocycles. The highest BCUT2D eigenvalue weighted by molar-refractivity contribution is 6.74. The number of halogens is 3. The van der Waals surface area contributed by atoms with Gasteiger partial charge in [0.2, 0.25) is 3.79 Å². The minimum absolute atomic E-state index is 0.0668. The first kappa shape index (κ1) is 14.6. The number of piperidine rings is 1. The van der Waals surface area contributed by atoms with E-state index in [0.717, 1.165) is 12.8 Å². The van der Waals surface area contributed by atoms with Crippen molar-refractivity contribution in [1.29, 1.82) is 0 Å². The summed E-state index contributed by atoms with van der Waals surface area (Å²) < 4.78 is -1.39. The van der Waals surface area contributed by atoms with Crippen molar-refractivity contribution >= 4 is 41.0 Å². The van der Waals surface area contributed by atoms with E-state index in [1.54, 1.807) is 0 Å². The highest BCUT2D eigenvalue weighted by atomic mass is 35.6. The van der Waals surface area contributed by atoms with Gasteiger partial charge in [0.1, 0.15) is 0 Å². The summed E-state index contributed by atoms with van der Waals surface area (Å²) in [6.07, 6.45) is 3.32. The molecule has 0 amide bonds. The minimum Gasteiger partial charge on any atom is -0.307 e. The zero-order valence-electron chi connectivity index (χ0n) is 10.2. The highest BCUT2D eigenvalue weighted by Gasteiger charge is 2.37. The van der Waals surface area contributed by atoms with Gasteiger partial charge in [-0.05, 0) is 40.5 Å². The van der Waals surface area contributed by atoms with Crippen LogP contribution in [-0.4, -0.2) is 27.1 Å². The molecule has 94 valence electrons. The Kier molecular flexibility index (Phi) is 4.22. The molecule has 0 unspecified atom stereocenters.